The van der Waals surface area contributed by atoms with Crippen molar-refractivity contribution >= 4 is 45.0 Å². The van der Waals surface area contributed by atoms with Crippen LogP contribution in [0.5, 0.6) is 0 Å². The van der Waals surface area contributed by atoms with E-state index in [2.05, 4.69) is 5.10 Å². The maximum atomic E-state index is 13.2. The van der Waals surface area contributed by atoms with Gasteiger partial charge in [-0.15, -0.1) is 11.3 Å². The Hall–Kier alpha value is -2.38. The first-order valence-electron chi connectivity index (χ1n) is 9.80. The molecule has 1 aliphatic heterocycles. The molecule has 152 valence electrons. The number of fused-ring (bicyclic) bond motifs is 1. The van der Waals surface area contributed by atoms with Crippen molar-refractivity contribution in [1.29, 1.82) is 0 Å². The Morgan fingerprint density at radius 3 is 2.66 bits per heavy atom. The Morgan fingerprint density at radius 2 is 1.90 bits per heavy atom. The summed E-state index contributed by atoms with van der Waals surface area (Å²) in [5.41, 5.74) is 1.76. The topological polar surface area (TPSA) is 58.4 Å². The van der Waals surface area contributed by atoms with Crippen LogP contribution in [0.1, 0.15) is 35.1 Å². The molecule has 29 heavy (non-hydrogen) atoms. The Labute approximate surface area is 178 Å². The second kappa shape index (κ2) is 8.16. The number of carbonyl (C=O) groups excluding carboxylic acids is 2. The quantitative estimate of drug-likeness (QED) is 0.627. The van der Waals surface area contributed by atoms with E-state index in [0.29, 0.717) is 42.5 Å². The van der Waals surface area contributed by atoms with Gasteiger partial charge in [-0.05, 0) is 37.6 Å². The van der Waals surface area contributed by atoms with Crippen molar-refractivity contribution in [3.8, 4) is 5.69 Å². The van der Waals surface area contributed by atoms with Gasteiger partial charge in [-0.25, -0.2) is 4.68 Å². The zero-order valence-electron chi connectivity index (χ0n) is 16.5. The zero-order chi connectivity index (χ0) is 20.5. The lowest BCUT2D eigenvalue weighted by atomic mass is 10.3. The Morgan fingerprint density at radius 1 is 1.14 bits per heavy atom. The summed E-state index contributed by atoms with van der Waals surface area (Å²) in [7, 11) is 0. The van der Waals surface area contributed by atoms with Crippen LogP contribution in [0, 0.1) is 6.92 Å². The van der Waals surface area contributed by atoms with Crippen LogP contribution in [0.3, 0.4) is 0 Å². The summed E-state index contributed by atoms with van der Waals surface area (Å²) >= 11 is 7.59. The lowest BCUT2D eigenvalue weighted by Gasteiger charge is -2.21. The Bertz CT molecular complexity index is 1070. The molecule has 0 bridgehead atoms. The summed E-state index contributed by atoms with van der Waals surface area (Å²) < 4.78 is 1.85. The largest absolute Gasteiger partial charge is 0.341 e. The molecular weight excluding hydrogens is 408 g/mol. The monoisotopic (exact) mass is 430 g/mol. The van der Waals surface area contributed by atoms with E-state index in [9.17, 15) is 9.59 Å². The summed E-state index contributed by atoms with van der Waals surface area (Å²) in [6.45, 7) is 6.37. The standard InChI is InChI=1S/C21H23ClN4O2S/c1-3-19(27)24-8-5-9-25(11-10-24)20(28)18-13-17-14(2)23-26(21(17)29-18)16-7-4-6-15(22)12-16/h4,6-7,12-13H,3,5,8-11H2,1-2H3. The first kappa shape index (κ1) is 19.9. The number of halogens is 1. The maximum Gasteiger partial charge on any atom is 0.264 e. The third-order valence-corrected chi connectivity index (χ3v) is 6.58. The summed E-state index contributed by atoms with van der Waals surface area (Å²) in [6, 6.07) is 9.47. The number of rotatable bonds is 3. The van der Waals surface area contributed by atoms with Gasteiger partial charge >= 0.3 is 0 Å². The average Bonchev–Trinajstić information content (AvgIpc) is 3.18. The van der Waals surface area contributed by atoms with Gasteiger partial charge in [-0.1, -0.05) is 24.6 Å². The maximum absolute atomic E-state index is 13.2. The van der Waals surface area contributed by atoms with Crippen molar-refractivity contribution in [2.75, 3.05) is 26.2 Å². The molecule has 2 aromatic heterocycles. The van der Waals surface area contributed by atoms with Gasteiger partial charge in [0.2, 0.25) is 5.91 Å². The van der Waals surface area contributed by atoms with E-state index in [-0.39, 0.29) is 11.8 Å². The van der Waals surface area contributed by atoms with E-state index in [1.54, 1.807) is 0 Å². The molecule has 0 radical (unpaired) electrons. The van der Waals surface area contributed by atoms with Gasteiger partial charge in [-0.3, -0.25) is 9.59 Å². The number of aromatic nitrogens is 2. The van der Waals surface area contributed by atoms with E-state index >= 15 is 0 Å². The molecule has 1 fully saturated rings. The highest BCUT2D eigenvalue weighted by Gasteiger charge is 2.25. The molecule has 0 spiro atoms. The minimum atomic E-state index is 0.0223. The molecular formula is C21H23ClN4O2S. The third-order valence-electron chi connectivity index (χ3n) is 5.25. The molecule has 1 aliphatic rings. The molecule has 0 N–H and O–H groups in total. The number of hydrogen-bond acceptors (Lipinski definition) is 4. The van der Waals surface area contributed by atoms with Crippen LogP contribution in [-0.4, -0.2) is 57.6 Å². The fourth-order valence-electron chi connectivity index (χ4n) is 3.68. The van der Waals surface area contributed by atoms with Gasteiger partial charge in [0.25, 0.3) is 5.91 Å². The number of benzene rings is 1. The molecule has 2 amide bonds. The van der Waals surface area contributed by atoms with E-state index < -0.39 is 0 Å². The molecule has 4 rings (SSSR count). The van der Waals surface area contributed by atoms with Crippen molar-refractivity contribution in [2.24, 2.45) is 0 Å². The van der Waals surface area contributed by atoms with Crippen LogP contribution >= 0.6 is 22.9 Å². The molecule has 0 atom stereocenters. The molecule has 1 saturated heterocycles. The average molecular weight is 431 g/mol. The molecule has 8 heteroatoms. The highest BCUT2D eigenvalue weighted by atomic mass is 35.5. The van der Waals surface area contributed by atoms with Gasteiger partial charge in [0.15, 0.2) is 0 Å². The number of nitrogens with zero attached hydrogens (tertiary/aromatic N) is 4. The normalized spacial score (nSPS) is 15.0. The molecule has 0 saturated carbocycles. The van der Waals surface area contributed by atoms with Crippen LogP contribution in [-0.2, 0) is 4.79 Å². The molecule has 3 heterocycles. The SMILES string of the molecule is CCC(=O)N1CCCN(C(=O)c2cc3c(C)nn(-c4cccc(Cl)c4)c3s2)CC1. The van der Waals surface area contributed by atoms with Crippen LogP contribution in [0.2, 0.25) is 5.02 Å². The van der Waals surface area contributed by atoms with Crippen LogP contribution < -0.4 is 0 Å². The van der Waals surface area contributed by atoms with Gasteiger partial charge in [-0.2, -0.15) is 5.10 Å². The van der Waals surface area contributed by atoms with Crippen molar-refractivity contribution in [2.45, 2.75) is 26.7 Å². The van der Waals surface area contributed by atoms with Crippen molar-refractivity contribution in [3.63, 3.8) is 0 Å². The molecule has 3 aromatic rings. The van der Waals surface area contributed by atoms with Gasteiger partial charge in [0.1, 0.15) is 4.83 Å². The lowest BCUT2D eigenvalue weighted by molar-refractivity contribution is -0.130. The van der Waals surface area contributed by atoms with Gasteiger partial charge < -0.3 is 9.80 Å². The predicted molar refractivity (Wildman–Crippen MR) is 116 cm³/mol. The number of amides is 2. The minimum absolute atomic E-state index is 0.0223. The lowest BCUT2D eigenvalue weighted by Crippen LogP contribution is -2.36. The highest BCUT2D eigenvalue weighted by Crippen LogP contribution is 2.31. The molecule has 0 aliphatic carbocycles. The first-order valence-corrected chi connectivity index (χ1v) is 11.0. The molecule has 1 aromatic carbocycles. The van der Waals surface area contributed by atoms with Crippen molar-refractivity contribution in [1.82, 2.24) is 19.6 Å². The predicted octanol–water partition coefficient (Wildman–Crippen LogP) is 4.13. The molecule has 6 nitrogen and oxygen atoms in total. The highest BCUT2D eigenvalue weighted by molar-refractivity contribution is 7.20. The Kier molecular flexibility index (Phi) is 5.61. The second-order valence-corrected chi connectivity index (χ2v) is 8.65. The summed E-state index contributed by atoms with van der Waals surface area (Å²) in [4.78, 5) is 30.5. The van der Waals surface area contributed by atoms with E-state index in [4.69, 9.17) is 11.6 Å². The fourth-order valence-corrected chi connectivity index (χ4v) is 5.02. The van der Waals surface area contributed by atoms with Crippen molar-refractivity contribution < 1.29 is 9.59 Å². The van der Waals surface area contributed by atoms with Gasteiger partial charge in [0, 0.05) is 43.0 Å². The molecule has 0 unspecified atom stereocenters. The summed E-state index contributed by atoms with van der Waals surface area (Å²) in [5.74, 6) is 0.174. The van der Waals surface area contributed by atoms with E-state index in [0.717, 1.165) is 28.0 Å². The summed E-state index contributed by atoms with van der Waals surface area (Å²) in [5, 5.41) is 6.26. The zero-order valence-corrected chi connectivity index (χ0v) is 18.1. The van der Waals surface area contributed by atoms with Crippen LogP contribution in [0.25, 0.3) is 15.9 Å². The van der Waals surface area contributed by atoms with Crippen LogP contribution in [0.4, 0.5) is 0 Å². The Balaban J connectivity index is 1.61. The number of carbonyl (C=O) groups is 2. The van der Waals surface area contributed by atoms with E-state index in [1.807, 2.05) is 58.7 Å². The third kappa shape index (κ3) is 3.89. The van der Waals surface area contributed by atoms with Gasteiger partial charge in [0.05, 0.1) is 16.3 Å². The second-order valence-electron chi connectivity index (χ2n) is 7.19. The number of hydrogen-bond donors (Lipinski definition) is 0. The minimum Gasteiger partial charge on any atom is -0.341 e. The smallest absolute Gasteiger partial charge is 0.264 e. The number of aryl methyl sites for hydroxylation is 1. The first-order chi connectivity index (χ1) is 14.0. The number of thiophene rings is 1. The van der Waals surface area contributed by atoms with E-state index in [1.165, 1.54) is 11.3 Å². The van der Waals surface area contributed by atoms with Crippen LogP contribution in [0.15, 0.2) is 30.3 Å². The fraction of sp³-hybridized carbons (Fsp3) is 0.381. The van der Waals surface area contributed by atoms with Crippen molar-refractivity contribution in [3.05, 3.63) is 45.9 Å². The summed E-state index contributed by atoms with van der Waals surface area (Å²) in [6.07, 6.45) is 1.31.